The second kappa shape index (κ2) is 6.40. The maximum absolute atomic E-state index is 12.7. The lowest BCUT2D eigenvalue weighted by Crippen LogP contribution is -2.48. The van der Waals surface area contributed by atoms with Gasteiger partial charge in [0, 0.05) is 44.7 Å². The van der Waals surface area contributed by atoms with Gasteiger partial charge in [0.15, 0.2) is 0 Å². The molecule has 2 aromatic rings. The normalized spacial score (nSPS) is 24.1. The Balaban J connectivity index is 1.28. The van der Waals surface area contributed by atoms with Crippen LogP contribution in [0, 0.1) is 12.8 Å². The average Bonchev–Trinajstić information content (AvgIpc) is 3.32. The molecular formula is C19H23N3O2. The summed E-state index contributed by atoms with van der Waals surface area (Å²) < 4.78 is 5.12. The fourth-order valence-corrected chi connectivity index (χ4v) is 3.62. The van der Waals surface area contributed by atoms with Crippen LogP contribution >= 0.6 is 0 Å². The Morgan fingerprint density at radius 1 is 1.21 bits per heavy atom. The molecule has 0 spiro atoms. The van der Waals surface area contributed by atoms with Gasteiger partial charge in [-0.1, -0.05) is 35.5 Å². The Kier molecular flexibility index (Phi) is 4.10. The van der Waals surface area contributed by atoms with Crippen LogP contribution in [0.5, 0.6) is 0 Å². The summed E-state index contributed by atoms with van der Waals surface area (Å²) in [5.41, 5.74) is 2.27. The van der Waals surface area contributed by atoms with Gasteiger partial charge in [-0.2, -0.15) is 0 Å². The van der Waals surface area contributed by atoms with Crippen LogP contribution in [0.25, 0.3) is 0 Å². The van der Waals surface area contributed by atoms with Crippen molar-refractivity contribution in [2.45, 2.75) is 25.8 Å². The Bertz CT molecular complexity index is 704. The first kappa shape index (κ1) is 15.4. The van der Waals surface area contributed by atoms with Crippen LogP contribution in [-0.2, 0) is 11.3 Å². The summed E-state index contributed by atoms with van der Waals surface area (Å²) in [5.74, 6) is 1.80. The smallest absolute Gasteiger partial charge is 0.226 e. The van der Waals surface area contributed by atoms with Crippen molar-refractivity contribution in [3.05, 3.63) is 53.4 Å². The van der Waals surface area contributed by atoms with Gasteiger partial charge >= 0.3 is 0 Å². The highest BCUT2D eigenvalue weighted by Crippen LogP contribution is 2.48. The summed E-state index contributed by atoms with van der Waals surface area (Å²) in [6.07, 6.45) is 1.00. The van der Waals surface area contributed by atoms with Crippen molar-refractivity contribution in [3.8, 4) is 0 Å². The first-order chi connectivity index (χ1) is 11.7. The van der Waals surface area contributed by atoms with Gasteiger partial charge in [-0.05, 0) is 24.8 Å². The van der Waals surface area contributed by atoms with E-state index in [0.29, 0.717) is 11.8 Å². The molecule has 0 radical (unpaired) electrons. The van der Waals surface area contributed by atoms with Crippen LogP contribution in [0.4, 0.5) is 0 Å². The molecule has 1 aliphatic carbocycles. The van der Waals surface area contributed by atoms with E-state index in [4.69, 9.17) is 4.52 Å². The van der Waals surface area contributed by atoms with Gasteiger partial charge < -0.3 is 9.42 Å². The van der Waals surface area contributed by atoms with E-state index in [-0.39, 0.29) is 5.92 Å². The lowest BCUT2D eigenvalue weighted by molar-refractivity contribution is -0.134. The van der Waals surface area contributed by atoms with Gasteiger partial charge in [-0.25, -0.2) is 0 Å². The van der Waals surface area contributed by atoms with Crippen LogP contribution in [0.2, 0.25) is 0 Å². The first-order valence-electron chi connectivity index (χ1n) is 8.69. The highest BCUT2D eigenvalue weighted by molar-refractivity contribution is 5.83. The molecule has 24 heavy (non-hydrogen) atoms. The van der Waals surface area contributed by atoms with Gasteiger partial charge in [0.05, 0.1) is 5.69 Å². The molecule has 2 atom stereocenters. The number of hydrogen-bond acceptors (Lipinski definition) is 4. The second-order valence-corrected chi connectivity index (χ2v) is 6.89. The number of hydrogen-bond donors (Lipinski definition) is 0. The number of piperazine rings is 1. The van der Waals surface area contributed by atoms with E-state index in [1.54, 1.807) is 0 Å². The predicted octanol–water partition coefficient (Wildman–Crippen LogP) is 2.43. The minimum Gasteiger partial charge on any atom is -0.361 e. The summed E-state index contributed by atoms with van der Waals surface area (Å²) in [4.78, 5) is 17.1. The zero-order valence-electron chi connectivity index (χ0n) is 14.0. The number of aromatic nitrogens is 1. The lowest BCUT2D eigenvalue weighted by Gasteiger charge is -2.34. The zero-order chi connectivity index (χ0) is 16.5. The van der Waals surface area contributed by atoms with Crippen LogP contribution in [0.15, 0.2) is 40.9 Å². The summed E-state index contributed by atoms with van der Waals surface area (Å²) >= 11 is 0. The van der Waals surface area contributed by atoms with Gasteiger partial charge in [-0.15, -0.1) is 0 Å². The van der Waals surface area contributed by atoms with E-state index < -0.39 is 0 Å². The number of benzene rings is 1. The number of carbonyl (C=O) groups is 1. The van der Waals surface area contributed by atoms with Gasteiger partial charge in [0.1, 0.15) is 5.76 Å². The summed E-state index contributed by atoms with van der Waals surface area (Å²) in [7, 11) is 0. The van der Waals surface area contributed by atoms with E-state index in [1.165, 1.54) is 5.56 Å². The quantitative estimate of drug-likeness (QED) is 0.866. The fourth-order valence-electron chi connectivity index (χ4n) is 3.62. The van der Waals surface area contributed by atoms with Crippen molar-refractivity contribution >= 4 is 5.91 Å². The molecular weight excluding hydrogens is 302 g/mol. The highest BCUT2D eigenvalue weighted by Gasteiger charge is 2.45. The third-order valence-electron chi connectivity index (χ3n) is 5.08. The minimum absolute atomic E-state index is 0.192. The maximum Gasteiger partial charge on any atom is 0.226 e. The molecule has 2 fully saturated rings. The van der Waals surface area contributed by atoms with Gasteiger partial charge in [-0.3, -0.25) is 9.69 Å². The lowest BCUT2D eigenvalue weighted by atomic mass is 10.1. The summed E-state index contributed by atoms with van der Waals surface area (Å²) in [5, 5.41) is 4.05. The number of rotatable bonds is 4. The Labute approximate surface area is 142 Å². The number of aryl methyl sites for hydroxylation is 1. The summed E-state index contributed by atoms with van der Waals surface area (Å²) in [6, 6.07) is 12.4. The van der Waals surface area contributed by atoms with Crippen LogP contribution in [-0.4, -0.2) is 47.0 Å². The Hall–Kier alpha value is -2.14. The van der Waals surface area contributed by atoms with Crippen molar-refractivity contribution in [3.63, 3.8) is 0 Å². The molecule has 1 saturated carbocycles. The van der Waals surface area contributed by atoms with E-state index in [9.17, 15) is 4.79 Å². The number of carbonyl (C=O) groups excluding carboxylic acids is 1. The molecule has 0 N–H and O–H groups in total. The van der Waals surface area contributed by atoms with E-state index in [1.807, 2.05) is 24.0 Å². The van der Waals surface area contributed by atoms with Gasteiger partial charge in [0.2, 0.25) is 5.91 Å². The van der Waals surface area contributed by atoms with Crippen LogP contribution in [0.3, 0.4) is 0 Å². The molecule has 1 aliphatic heterocycles. The zero-order valence-corrected chi connectivity index (χ0v) is 14.0. The standard InChI is InChI=1S/C19H23N3O2/c1-14-11-16(20-24-14)13-21-7-9-22(10-8-21)19(23)18-12-17(18)15-5-3-2-4-6-15/h2-6,11,17-18H,7-10,12-13H2,1H3/t17-,18+/m1/s1. The largest absolute Gasteiger partial charge is 0.361 e. The molecule has 1 saturated heterocycles. The Morgan fingerprint density at radius 2 is 1.96 bits per heavy atom. The Morgan fingerprint density at radius 3 is 2.62 bits per heavy atom. The second-order valence-electron chi connectivity index (χ2n) is 6.89. The predicted molar refractivity (Wildman–Crippen MR) is 90.4 cm³/mol. The van der Waals surface area contributed by atoms with Crippen molar-refractivity contribution in [1.82, 2.24) is 15.0 Å². The van der Waals surface area contributed by atoms with Crippen LogP contribution < -0.4 is 0 Å². The maximum atomic E-state index is 12.7. The molecule has 1 aromatic carbocycles. The average molecular weight is 325 g/mol. The molecule has 126 valence electrons. The molecule has 0 unspecified atom stereocenters. The topological polar surface area (TPSA) is 49.6 Å². The summed E-state index contributed by atoms with van der Waals surface area (Å²) in [6.45, 7) is 6.14. The first-order valence-corrected chi connectivity index (χ1v) is 8.69. The van der Waals surface area contributed by atoms with Crippen molar-refractivity contribution in [2.24, 2.45) is 5.92 Å². The molecule has 2 heterocycles. The molecule has 1 aromatic heterocycles. The van der Waals surface area contributed by atoms with E-state index in [0.717, 1.165) is 50.6 Å². The molecule has 5 nitrogen and oxygen atoms in total. The van der Waals surface area contributed by atoms with Gasteiger partial charge in [0.25, 0.3) is 0 Å². The minimum atomic E-state index is 0.192. The molecule has 5 heteroatoms. The molecule has 0 bridgehead atoms. The van der Waals surface area contributed by atoms with Crippen LogP contribution in [0.1, 0.15) is 29.4 Å². The monoisotopic (exact) mass is 325 g/mol. The molecule has 1 amide bonds. The van der Waals surface area contributed by atoms with Crippen molar-refractivity contribution in [2.75, 3.05) is 26.2 Å². The van der Waals surface area contributed by atoms with E-state index >= 15 is 0 Å². The highest BCUT2D eigenvalue weighted by atomic mass is 16.5. The SMILES string of the molecule is Cc1cc(CN2CCN(C(=O)[C@H]3C[C@@H]3c3ccccc3)CC2)no1. The number of nitrogens with zero attached hydrogens (tertiary/aromatic N) is 3. The van der Waals surface area contributed by atoms with Crippen molar-refractivity contribution < 1.29 is 9.32 Å². The number of amides is 1. The molecule has 4 rings (SSSR count). The fraction of sp³-hybridized carbons (Fsp3) is 0.474. The molecule has 2 aliphatic rings. The third-order valence-corrected chi connectivity index (χ3v) is 5.08. The van der Waals surface area contributed by atoms with E-state index in [2.05, 4.69) is 34.3 Å². The third kappa shape index (κ3) is 3.22. The van der Waals surface area contributed by atoms with Crippen molar-refractivity contribution in [1.29, 1.82) is 0 Å².